The van der Waals surface area contributed by atoms with Crippen LogP contribution in [0.2, 0.25) is 0 Å². The summed E-state index contributed by atoms with van der Waals surface area (Å²) in [6, 6.07) is 14.7. The van der Waals surface area contributed by atoms with Crippen LogP contribution in [-0.2, 0) is 0 Å². The van der Waals surface area contributed by atoms with E-state index < -0.39 is 0 Å². The van der Waals surface area contributed by atoms with Crippen LogP contribution >= 0.6 is 0 Å². The number of carbonyl (C=O) groups excluding carboxylic acids is 2. The molecular formula is C22H22N2O2. The standard InChI is InChI=1S/C22H22N2O2/c1-3-17-5-4-6-20(15-17)23-22(26)24-13-11-19(12-14-24)21(25)18-9-7-16(2)8-10-18/h1,4-10,15,19H,11-14H2,2H3,(H,23,26). The third kappa shape index (κ3) is 4.12. The molecule has 4 heteroatoms. The van der Waals surface area contributed by atoms with Crippen LogP contribution in [0, 0.1) is 25.2 Å². The number of terminal acetylenes is 1. The molecule has 1 fully saturated rings. The normalized spacial score (nSPS) is 14.5. The molecule has 0 radical (unpaired) electrons. The lowest BCUT2D eigenvalue weighted by molar-refractivity contribution is 0.0859. The van der Waals surface area contributed by atoms with Crippen molar-refractivity contribution in [3.63, 3.8) is 0 Å². The third-order valence-corrected chi connectivity index (χ3v) is 4.77. The second-order valence-electron chi connectivity index (χ2n) is 6.65. The van der Waals surface area contributed by atoms with Crippen LogP contribution in [0.5, 0.6) is 0 Å². The summed E-state index contributed by atoms with van der Waals surface area (Å²) in [5.74, 6) is 2.71. The first-order valence-electron chi connectivity index (χ1n) is 8.80. The average molecular weight is 346 g/mol. The van der Waals surface area contributed by atoms with E-state index in [0.717, 1.165) is 16.7 Å². The molecule has 1 N–H and O–H groups in total. The Morgan fingerprint density at radius 1 is 1.12 bits per heavy atom. The smallest absolute Gasteiger partial charge is 0.321 e. The number of ketones is 1. The van der Waals surface area contributed by atoms with E-state index >= 15 is 0 Å². The van der Waals surface area contributed by atoms with Gasteiger partial charge < -0.3 is 10.2 Å². The number of benzene rings is 2. The molecule has 1 aliphatic rings. The van der Waals surface area contributed by atoms with Crippen molar-refractivity contribution in [3.05, 3.63) is 65.2 Å². The summed E-state index contributed by atoms with van der Waals surface area (Å²) in [5, 5.41) is 2.87. The number of Topliss-reactive ketones (excluding diaryl/α,β-unsaturated/α-hetero) is 1. The molecule has 4 nitrogen and oxygen atoms in total. The Balaban J connectivity index is 1.56. The second-order valence-corrected chi connectivity index (χ2v) is 6.65. The Kier molecular flexibility index (Phi) is 5.38. The number of aryl methyl sites for hydroxylation is 1. The first-order valence-corrected chi connectivity index (χ1v) is 8.80. The van der Waals surface area contributed by atoms with E-state index in [2.05, 4.69) is 11.2 Å². The summed E-state index contributed by atoms with van der Waals surface area (Å²) in [7, 11) is 0. The maximum absolute atomic E-state index is 12.6. The van der Waals surface area contributed by atoms with Gasteiger partial charge in [-0.15, -0.1) is 6.42 Å². The number of hydrogen-bond acceptors (Lipinski definition) is 2. The SMILES string of the molecule is C#Cc1cccc(NC(=O)N2CCC(C(=O)c3ccc(C)cc3)CC2)c1. The number of amides is 2. The Hall–Kier alpha value is -3.06. The highest BCUT2D eigenvalue weighted by molar-refractivity contribution is 5.98. The van der Waals surface area contributed by atoms with Crippen LogP contribution in [0.15, 0.2) is 48.5 Å². The number of rotatable bonds is 3. The number of hydrogen-bond donors (Lipinski definition) is 1. The molecule has 0 atom stereocenters. The molecule has 2 aromatic carbocycles. The predicted octanol–water partition coefficient (Wildman–Crippen LogP) is 4.10. The van der Waals surface area contributed by atoms with Crippen molar-refractivity contribution in [1.82, 2.24) is 4.90 Å². The monoisotopic (exact) mass is 346 g/mol. The zero-order chi connectivity index (χ0) is 18.5. The van der Waals surface area contributed by atoms with Crippen molar-refractivity contribution >= 4 is 17.5 Å². The summed E-state index contributed by atoms with van der Waals surface area (Å²) in [5.41, 5.74) is 3.31. The van der Waals surface area contributed by atoms with E-state index in [1.165, 1.54) is 0 Å². The number of urea groups is 1. The number of carbonyl (C=O) groups is 2. The van der Waals surface area contributed by atoms with Crippen molar-refractivity contribution in [1.29, 1.82) is 0 Å². The Bertz CT molecular complexity index is 841. The van der Waals surface area contributed by atoms with Crippen LogP contribution < -0.4 is 5.32 Å². The molecule has 3 rings (SSSR count). The average Bonchev–Trinajstić information content (AvgIpc) is 2.68. The first kappa shape index (κ1) is 17.8. The van der Waals surface area contributed by atoms with Crippen molar-refractivity contribution in [2.75, 3.05) is 18.4 Å². The molecule has 1 aliphatic heterocycles. The van der Waals surface area contributed by atoms with Gasteiger partial charge in [0.1, 0.15) is 0 Å². The summed E-state index contributed by atoms with van der Waals surface area (Å²) < 4.78 is 0. The minimum atomic E-state index is -0.152. The molecule has 0 spiro atoms. The molecule has 132 valence electrons. The van der Waals surface area contributed by atoms with E-state index in [-0.39, 0.29) is 17.7 Å². The van der Waals surface area contributed by atoms with Gasteiger partial charge in [0.15, 0.2) is 5.78 Å². The van der Waals surface area contributed by atoms with E-state index in [4.69, 9.17) is 6.42 Å². The molecular weight excluding hydrogens is 324 g/mol. The van der Waals surface area contributed by atoms with Gasteiger partial charge in [-0.05, 0) is 38.0 Å². The largest absolute Gasteiger partial charge is 0.324 e. The lowest BCUT2D eigenvalue weighted by atomic mass is 9.89. The predicted molar refractivity (Wildman–Crippen MR) is 103 cm³/mol. The van der Waals surface area contributed by atoms with Gasteiger partial charge in [-0.2, -0.15) is 0 Å². The highest BCUT2D eigenvalue weighted by atomic mass is 16.2. The zero-order valence-electron chi connectivity index (χ0n) is 14.9. The molecule has 0 aromatic heterocycles. The summed E-state index contributed by atoms with van der Waals surface area (Å²) in [4.78, 5) is 26.8. The van der Waals surface area contributed by atoms with E-state index in [0.29, 0.717) is 31.6 Å². The van der Waals surface area contributed by atoms with Crippen LogP contribution in [0.4, 0.5) is 10.5 Å². The molecule has 26 heavy (non-hydrogen) atoms. The molecule has 1 saturated heterocycles. The topological polar surface area (TPSA) is 49.4 Å². The minimum Gasteiger partial charge on any atom is -0.324 e. The number of anilines is 1. The molecule has 2 amide bonds. The van der Waals surface area contributed by atoms with Gasteiger partial charge in [-0.3, -0.25) is 4.79 Å². The van der Waals surface area contributed by atoms with Gasteiger partial charge in [0.2, 0.25) is 0 Å². The Morgan fingerprint density at radius 2 is 1.81 bits per heavy atom. The fourth-order valence-electron chi connectivity index (χ4n) is 3.19. The summed E-state index contributed by atoms with van der Waals surface area (Å²) >= 11 is 0. The molecule has 2 aromatic rings. The van der Waals surface area contributed by atoms with Crippen molar-refractivity contribution in [2.45, 2.75) is 19.8 Å². The van der Waals surface area contributed by atoms with Crippen LogP contribution in [-0.4, -0.2) is 29.8 Å². The maximum atomic E-state index is 12.6. The van der Waals surface area contributed by atoms with Crippen molar-refractivity contribution < 1.29 is 9.59 Å². The van der Waals surface area contributed by atoms with E-state index in [1.54, 1.807) is 11.0 Å². The highest BCUT2D eigenvalue weighted by Gasteiger charge is 2.28. The highest BCUT2D eigenvalue weighted by Crippen LogP contribution is 2.23. The minimum absolute atomic E-state index is 0.0217. The van der Waals surface area contributed by atoms with Gasteiger partial charge in [0.05, 0.1) is 0 Å². The van der Waals surface area contributed by atoms with Gasteiger partial charge in [0.25, 0.3) is 0 Å². The number of likely N-dealkylation sites (tertiary alicyclic amines) is 1. The van der Waals surface area contributed by atoms with Gasteiger partial charge in [-0.1, -0.05) is 41.8 Å². The van der Waals surface area contributed by atoms with Crippen LogP contribution in [0.1, 0.15) is 34.3 Å². The van der Waals surface area contributed by atoms with Gasteiger partial charge in [0, 0.05) is 35.8 Å². The number of nitrogens with zero attached hydrogens (tertiary/aromatic N) is 1. The molecule has 1 heterocycles. The molecule has 0 aliphatic carbocycles. The Labute approximate surface area is 154 Å². The van der Waals surface area contributed by atoms with Crippen molar-refractivity contribution in [2.24, 2.45) is 5.92 Å². The van der Waals surface area contributed by atoms with E-state index in [9.17, 15) is 9.59 Å². The summed E-state index contributed by atoms with van der Waals surface area (Å²) in [6.07, 6.45) is 6.76. The van der Waals surface area contributed by atoms with Crippen molar-refractivity contribution in [3.8, 4) is 12.3 Å². The Morgan fingerprint density at radius 3 is 2.46 bits per heavy atom. The first-order chi connectivity index (χ1) is 12.6. The lowest BCUT2D eigenvalue weighted by Crippen LogP contribution is -2.42. The quantitative estimate of drug-likeness (QED) is 0.672. The number of nitrogens with one attached hydrogen (secondary N) is 1. The zero-order valence-corrected chi connectivity index (χ0v) is 14.9. The van der Waals surface area contributed by atoms with E-state index in [1.807, 2.05) is 49.4 Å². The maximum Gasteiger partial charge on any atom is 0.321 e. The van der Waals surface area contributed by atoms with Crippen LogP contribution in [0.3, 0.4) is 0 Å². The molecule has 0 unspecified atom stereocenters. The fourth-order valence-corrected chi connectivity index (χ4v) is 3.19. The molecule has 0 bridgehead atoms. The third-order valence-electron chi connectivity index (χ3n) is 4.77. The van der Waals surface area contributed by atoms with Gasteiger partial charge >= 0.3 is 6.03 Å². The second kappa shape index (κ2) is 7.88. The molecule has 0 saturated carbocycles. The van der Waals surface area contributed by atoms with Crippen LogP contribution in [0.25, 0.3) is 0 Å². The van der Waals surface area contributed by atoms with Gasteiger partial charge in [-0.25, -0.2) is 4.79 Å². The fraction of sp³-hybridized carbons (Fsp3) is 0.273. The number of piperidine rings is 1. The lowest BCUT2D eigenvalue weighted by Gasteiger charge is -2.31. The summed E-state index contributed by atoms with van der Waals surface area (Å²) in [6.45, 7) is 3.15.